The highest BCUT2D eigenvalue weighted by molar-refractivity contribution is 9.10. The highest BCUT2D eigenvalue weighted by Gasteiger charge is 2.14. The summed E-state index contributed by atoms with van der Waals surface area (Å²) < 4.78 is 0.736. The summed E-state index contributed by atoms with van der Waals surface area (Å²) in [5.74, 6) is -0.141. The Labute approximate surface area is 127 Å². The molecule has 0 fully saturated rings. The number of anilines is 1. The van der Waals surface area contributed by atoms with Crippen LogP contribution in [0.1, 0.15) is 34.5 Å². The third kappa shape index (κ3) is 3.39. The molecule has 4 heteroatoms. The maximum Gasteiger partial charge on any atom is 0.252 e. The monoisotopic (exact) mass is 332 g/mol. The lowest BCUT2D eigenvalue weighted by Gasteiger charge is -2.15. The molecule has 2 aromatic rings. The van der Waals surface area contributed by atoms with Crippen molar-refractivity contribution in [1.82, 2.24) is 5.32 Å². The standard InChI is InChI=1S/C16H17BrN2O/c1-10-3-5-12(6-4-10)11(2)19-16(20)14-9-13(18)7-8-15(14)17/h3-9,11H,18H2,1-2H3,(H,19,20)/t11-/m1/s1. The number of carbonyl (C=O) groups excluding carboxylic acids is 1. The summed E-state index contributed by atoms with van der Waals surface area (Å²) >= 11 is 3.37. The molecule has 0 saturated carbocycles. The minimum Gasteiger partial charge on any atom is -0.399 e. The van der Waals surface area contributed by atoms with Gasteiger partial charge in [0.15, 0.2) is 0 Å². The van der Waals surface area contributed by atoms with Crippen LogP contribution in [0.15, 0.2) is 46.9 Å². The second kappa shape index (κ2) is 6.09. The van der Waals surface area contributed by atoms with Crippen LogP contribution >= 0.6 is 15.9 Å². The van der Waals surface area contributed by atoms with Gasteiger partial charge < -0.3 is 11.1 Å². The quantitative estimate of drug-likeness (QED) is 0.839. The van der Waals surface area contributed by atoms with Crippen LogP contribution in [-0.2, 0) is 0 Å². The van der Waals surface area contributed by atoms with Gasteiger partial charge in [-0.25, -0.2) is 0 Å². The van der Waals surface area contributed by atoms with Gasteiger partial charge in [0, 0.05) is 10.2 Å². The fraction of sp³-hybridized carbons (Fsp3) is 0.188. The van der Waals surface area contributed by atoms with E-state index in [-0.39, 0.29) is 11.9 Å². The van der Waals surface area contributed by atoms with Crippen molar-refractivity contribution in [1.29, 1.82) is 0 Å². The molecule has 0 aliphatic rings. The van der Waals surface area contributed by atoms with E-state index in [1.807, 2.05) is 38.1 Å². The van der Waals surface area contributed by atoms with Crippen molar-refractivity contribution in [3.05, 3.63) is 63.6 Å². The van der Waals surface area contributed by atoms with E-state index < -0.39 is 0 Å². The molecule has 0 spiro atoms. The Morgan fingerprint density at radius 2 is 1.85 bits per heavy atom. The minimum atomic E-state index is -0.141. The number of aryl methyl sites for hydroxylation is 1. The van der Waals surface area contributed by atoms with Crippen molar-refractivity contribution in [3.8, 4) is 0 Å². The maximum absolute atomic E-state index is 12.3. The average molecular weight is 333 g/mol. The number of benzene rings is 2. The number of rotatable bonds is 3. The molecule has 2 rings (SSSR count). The second-order valence-electron chi connectivity index (χ2n) is 4.85. The summed E-state index contributed by atoms with van der Waals surface area (Å²) in [5, 5.41) is 2.98. The Kier molecular flexibility index (Phi) is 4.45. The van der Waals surface area contributed by atoms with Crippen molar-refractivity contribution < 1.29 is 4.79 Å². The highest BCUT2D eigenvalue weighted by atomic mass is 79.9. The van der Waals surface area contributed by atoms with Crippen molar-refractivity contribution >= 4 is 27.5 Å². The zero-order valence-electron chi connectivity index (χ0n) is 11.5. The van der Waals surface area contributed by atoms with E-state index >= 15 is 0 Å². The predicted molar refractivity (Wildman–Crippen MR) is 85.6 cm³/mol. The fourth-order valence-corrected chi connectivity index (χ4v) is 2.36. The van der Waals surface area contributed by atoms with Gasteiger partial charge in [-0.3, -0.25) is 4.79 Å². The number of nitrogen functional groups attached to an aromatic ring is 1. The van der Waals surface area contributed by atoms with E-state index in [1.54, 1.807) is 18.2 Å². The number of hydrogen-bond donors (Lipinski definition) is 2. The average Bonchev–Trinajstić information content (AvgIpc) is 2.42. The van der Waals surface area contributed by atoms with E-state index in [9.17, 15) is 4.79 Å². The van der Waals surface area contributed by atoms with E-state index in [2.05, 4.69) is 21.2 Å². The lowest BCUT2D eigenvalue weighted by Crippen LogP contribution is -2.27. The summed E-state index contributed by atoms with van der Waals surface area (Å²) in [4.78, 5) is 12.3. The molecule has 0 unspecified atom stereocenters. The van der Waals surface area contributed by atoms with Crippen LogP contribution in [0.4, 0.5) is 5.69 Å². The topological polar surface area (TPSA) is 55.1 Å². The summed E-state index contributed by atoms with van der Waals surface area (Å²) in [6.07, 6.45) is 0. The first-order chi connectivity index (χ1) is 9.47. The van der Waals surface area contributed by atoms with Gasteiger partial charge in [-0.2, -0.15) is 0 Å². The van der Waals surface area contributed by atoms with Gasteiger partial charge in [0.05, 0.1) is 11.6 Å². The van der Waals surface area contributed by atoms with Crippen LogP contribution in [0.25, 0.3) is 0 Å². The molecule has 3 N–H and O–H groups in total. The Balaban J connectivity index is 2.15. The van der Waals surface area contributed by atoms with Crippen molar-refractivity contribution in [2.24, 2.45) is 0 Å². The van der Waals surface area contributed by atoms with Gasteiger partial charge in [-0.05, 0) is 53.5 Å². The van der Waals surface area contributed by atoms with Crippen LogP contribution in [0.3, 0.4) is 0 Å². The number of hydrogen-bond acceptors (Lipinski definition) is 2. The number of halogens is 1. The maximum atomic E-state index is 12.3. The summed E-state index contributed by atoms with van der Waals surface area (Å²) in [7, 11) is 0. The van der Waals surface area contributed by atoms with Crippen molar-refractivity contribution in [2.45, 2.75) is 19.9 Å². The Morgan fingerprint density at radius 1 is 1.20 bits per heavy atom. The smallest absolute Gasteiger partial charge is 0.252 e. The molecule has 0 aliphatic heterocycles. The molecule has 1 amide bonds. The molecule has 0 radical (unpaired) electrons. The third-order valence-electron chi connectivity index (χ3n) is 3.16. The predicted octanol–water partition coefficient (Wildman–Crippen LogP) is 3.83. The summed E-state index contributed by atoms with van der Waals surface area (Å²) in [6.45, 7) is 4.00. The number of nitrogens with two attached hydrogens (primary N) is 1. The van der Waals surface area contributed by atoms with Gasteiger partial charge in [0.1, 0.15) is 0 Å². The number of amides is 1. The molecule has 0 bridgehead atoms. The molecule has 3 nitrogen and oxygen atoms in total. The van der Waals surface area contributed by atoms with Gasteiger partial charge in [0.25, 0.3) is 5.91 Å². The molecule has 0 saturated heterocycles. The van der Waals surface area contributed by atoms with Gasteiger partial charge in [0.2, 0.25) is 0 Å². The highest BCUT2D eigenvalue weighted by Crippen LogP contribution is 2.21. The lowest BCUT2D eigenvalue weighted by molar-refractivity contribution is 0.0939. The largest absolute Gasteiger partial charge is 0.399 e. The molecule has 20 heavy (non-hydrogen) atoms. The van der Waals surface area contributed by atoms with Crippen molar-refractivity contribution in [2.75, 3.05) is 5.73 Å². The molecule has 0 aromatic heterocycles. The van der Waals surface area contributed by atoms with E-state index in [0.29, 0.717) is 11.3 Å². The van der Waals surface area contributed by atoms with Crippen LogP contribution < -0.4 is 11.1 Å². The molecule has 0 aliphatic carbocycles. The number of nitrogens with one attached hydrogen (secondary N) is 1. The summed E-state index contributed by atoms with van der Waals surface area (Å²) in [6, 6.07) is 13.3. The first-order valence-electron chi connectivity index (χ1n) is 6.40. The van der Waals surface area contributed by atoms with Gasteiger partial charge in [-0.1, -0.05) is 29.8 Å². The Morgan fingerprint density at radius 3 is 2.50 bits per heavy atom. The Hall–Kier alpha value is -1.81. The molecular weight excluding hydrogens is 316 g/mol. The third-order valence-corrected chi connectivity index (χ3v) is 3.85. The molecular formula is C16H17BrN2O. The van der Waals surface area contributed by atoms with Crippen LogP contribution in [-0.4, -0.2) is 5.91 Å². The molecule has 1 atom stereocenters. The molecule has 2 aromatic carbocycles. The van der Waals surface area contributed by atoms with Crippen LogP contribution in [0, 0.1) is 6.92 Å². The Bertz CT molecular complexity index is 623. The van der Waals surface area contributed by atoms with Crippen LogP contribution in [0.5, 0.6) is 0 Å². The van der Waals surface area contributed by atoms with Gasteiger partial charge >= 0.3 is 0 Å². The number of carbonyl (C=O) groups is 1. The zero-order valence-corrected chi connectivity index (χ0v) is 13.1. The zero-order chi connectivity index (χ0) is 14.7. The first-order valence-corrected chi connectivity index (χ1v) is 7.19. The van der Waals surface area contributed by atoms with E-state index in [4.69, 9.17) is 5.73 Å². The van der Waals surface area contributed by atoms with E-state index in [1.165, 1.54) is 5.56 Å². The minimum absolute atomic E-state index is 0.0589. The lowest BCUT2D eigenvalue weighted by atomic mass is 10.1. The molecule has 104 valence electrons. The second-order valence-corrected chi connectivity index (χ2v) is 5.70. The van der Waals surface area contributed by atoms with Crippen molar-refractivity contribution in [3.63, 3.8) is 0 Å². The van der Waals surface area contributed by atoms with Gasteiger partial charge in [-0.15, -0.1) is 0 Å². The fourth-order valence-electron chi connectivity index (χ4n) is 1.93. The normalized spacial score (nSPS) is 11.9. The van der Waals surface area contributed by atoms with E-state index in [0.717, 1.165) is 10.0 Å². The SMILES string of the molecule is Cc1ccc([C@@H](C)NC(=O)c2cc(N)ccc2Br)cc1. The first kappa shape index (κ1) is 14.6. The van der Waals surface area contributed by atoms with Crippen LogP contribution in [0.2, 0.25) is 0 Å². The summed E-state index contributed by atoms with van der Waals surface area (Å²) in [5.41, 5.74) is 9.11. The molecule has 0 heterocycles.